The molecule has 0 saturated heterocycles. The van der Waals surface area contributed by atoms with Gasteiger partial charge < -0.3 is 9.67 Å². The van der Waals surface area contributed by atoms with Gasteiger partial charge in [-0.15, -0.1) is 0 Å². The molecule has 0 amide bonds. The lowest BCUT2D eigenvalue weighted by atomic mass is 10.2. The molecule has 2 rings (SSSR count). The van der Waals surface area contributed by atoms with Gasteiger partial charge in [-0.2, -0.15) is 0 Å². The summed E-state index contributed by atoms with van der Waals surface area (Å²) in [5.41, 5.74) is 1.99. The van der Waals surface area contributed by atoms with Crippen molar-refractivity contribution in [2.75, 3.05) is 0 Å². The average Bonchev–Trinajstić information content (AvgIpc) is 2.92. The highest BCUT2D eigenvalue weighted by atomic mass is 16.3. The van der Waals surface area contributed by atoms with E-state index in [0.717, 1.165) is 36.5 Å². The Bertz CT molecular complexity index is 489. The first kappa shape index (κ1) is 16.4. The van der Waals surface area contributed by atoms with Crippen LogP contribution in [0.5, 0.6) is 0 Å². The molecule has 1 N–H and O–H groups in total. The molecule has 2 aromatic rings. The van der Waals surface area contributed by atoms with Gasteiger partial charge in [-0.05, 0) is 13.3 Å². The molecular weight excluding hydrogens is 248 g/mol. The molecule has 0 fully saturated rings. The first-order chi connectivity index (χ1) is 9.74. The summed E-state index contributed by atoms with van der Waals surface area (Å²) in [6.45, 7) is 8.86. The van der Waals surface area contributed by atoms with E-state index in [9.17, 15) is 5.11 Å². The van der Waals surface area contributed by atoms with E-state index in [2.05, 4.69) is 28.6 Å². The summed E-state index contributed by atoms with van der Waals surface area (Å²) in [6.07, 6.45) is 3.52. The van der Waals surface area contributed by atoms with Crippen molar-refractivity contribution in [1.82, 2.24) is 9.55 Å². The number of benzene rings is 1. The Kier molecular flexibility index (Phi) is 7.02. The predicted octanol–water partition coefficient (Wildman–Crippen LogP) is 4.43. The Morgan fingerprint density at radius 1 is 1.20 bits per heavy atom. The average molecular weight is 274 g/mol. The standard InChI is InChI=1S/C15H20N2O.C2H6/c1-3-4-10-17-14(12(2)18)11-16-15(17)13-8-6-5-7-9-13;1-2/h5-9,11-12,18H,3-4,10H2,1-2H3;1-2H3. The number of hydrogen-bond donors (Lipinski definition) is 1. The van der Waals surface area contributed by atoms with Crippen molar-refractivity contribution in [1.29, 1.82) is 0 Å². The molecule has 0 aliphatic heterocycles. The third kappa shape index (κ3) is 3.94. The maximum absolute atomic E-state index is 9.80. The van der Waals surface area contributed by atoms with Crippen LogP contribution in [-0.2, 0) is 6.54 Å². The van der Waals surface area contributed by atoms with Crippen molar-refractivity contribution in [3.63, 3.8) is 0 Å². The summed E-state index contributed by atoms with van der Waals surface area (Å²) >= 11 is 0. The number of imidazole rings is 1. The third-order valence-corrected chi connectivity index (χ3v) is 3.08. The number of nitrogens with zero attached hydrogens (tertiary/aromatic N) is 2. The highest BCUT2D eigenvalue weighted by Crippen LogP contribution is 2.23. The van der Waals surface area contributed by atoms with Gasteiger partial charge in [-0.3, -0.25) is 0 Å². The van der Waals surface area contributed by atoms with Crippen LogP contribution in [0.4, 0.5) is 0 Å². The molecule has 110 valence electrons. The van der Waals surface area contributed by atoms with Crippen molar-refractivity contribution >= 4 is 0 Å². The van der Waals surface area contributed by atoms with Crippen LogP contribution in [0.1, 0.15) is 52.3 Å². The minimum atomic E-state index is -0.480. The molecule has 0 radical (unpaired) electrons. The second kappa shape index (κ2) is 8.54. The van der Waals surface area contributed by atoms with Crippen molar-refractivity contribution in [3.8, 4) is 11.4 Å². The summed E-state index contributed by atoms with van der Waals surface area (Å²) in [6, 6.07) is 10.1. The highest BCUT2D eigenvalue weighted by molar-refractivity contribution is 5.56. The fourth-order valence-corrected chi connectivity index (χ4v) is 2.09. The summed E-state index contributed by atoms with van der Waals surface area (Å²) < 4.78 is 2.13. The van der Waals surface area contributed by atoms with Gasteiger partial charge in [0.1, 0.15) is 5.82 Å². The fraction of sp³-hybridized carbons (Fsp3) is 0.471. The number of aliphatic hydroxyl groups is 1. The second-order valence-corrected chi connectivity index (χ2v) is 4.55. The van der Waals surface area contributed by atoms with Gasteiger partial charge in [0.2, 0.25) is 0 Å². The first-order valence-corrected chi connectivity index (χ1v) is 7.53. The zero-order valence-corrected chi connectivity index (χ0v) is 13.0. The van der Waals surface area contributed by atoms with Crippen LogP contribution < -0.4 is 0 Å². The molecule has 1 unspecified atom stereocenters. The fourth-order valence-electron chi connectivity index (χ4n) is 2.09. The van der Waals surface area contributed by atoms with E-state index in [1.807, 2.05) is 32.0 Å². The monoisotopic (exact) mass is 274 g/mol. The molecule has 0 spiro atoms. The molecule has 1 atom stereocenters. The van der Waals surface area contributed by atoms with Crippen LogP contribution in [0.3, 0.4) is 0 Å². The SMILES string of the molecule is CC.CCCCn1c(C(C)O)cnc1-c1ccccc1. The van der Waals surface area contributed by atoms with Crippen LogP contribution in [0.25, 0.3) is 11.4 Å². The van der Waals surface area contributed by atoms with Crippen molar-refractivity contribution < 1.29 is 5.11 Å². The molecule has 3 heteroatoms. The molecule has 0 saturated carbocycles. The van der Waals surface area contributed by atoms with Gasteiger partial charge in [0, 0.05) is 12.1 Å². The van der Waals surface area contributed by atoms with Gasteiger partial charge in [-0.1, -0.05) is 57.5 Å². The van der Waals surface area contributed by atoms with E-state index < -0.39 is 6.10 Å². The minimum Gasteiger partial charge on any atom is -0.387 e. The van der Waals surface area contributed by atoms with Crippen molar-refractivity contribution in [2.24, 2.45) is 0 Å². The maximum Gasteiger partial charge on any atom is 0.140 e. The van der Waals surface area contributed by atoms with Crippen LogP contribution >= 0.6 is 0 Å². The molecule has 0 aliphatic carbocycles. The Hall–Kier alpha value is -1.61. The van der Waals surface area contributed by atoms with E-state index >= 15 is 0 Å². The smallest absolute Gasteiger partial charge is 0.140 e. The van der Waals surface area contributed by atoms with Crippen LogP contribution in [0.2, 0.25) is 0 Å². The van der Waals surface area contributed by atoms with Crippen LogP contribution in [0.15, 0.2) is 36.5 Å². The predicted molar refractivity (Wildman–Crippen MR) is 84.6 cm³/mol. The number of hydrogen-bond acceptors (Lipinski definition) is 2. The van der Waals surface area contributed by atoms with Gasteiger partial charge in [0.15, 0.2) is 0 Å². The summed E-state index contributed by atoms with van der Waals surface area (Å²) in [4.78, 5) is 4.46. The lowest BCUT2D eigenvalue weighted by Gasteiger charge is -2.13. The minimum absolute atomic E-state index is 0.480. The van der Waals surface area contributed by atoms with E-state index in [-0.39, 0.29) is 0 Å². The Balaban J connectivity index is 0.000000956. The van der Waals surface area contributed by atoms with E-state index in [4.69, 9.17) is 0 Å². The zero-order chi connectivity index (χ0) is 15.0. The summed E-state index contributed by atoms with van der Waals surface area (Å²) in [5, 5.41) is 9.80. The molecular formula is C17H26N2O. The van der Waals surface area contributed by atoms with Gasteiger partial charge in [0.05, 0.1) is 18.0 Å². The molecule has 0 bridgehead atoms. The number of rotatable bonds is 5. The normalized spacial score (nSPS) is 11.7. The van der Waals surface area contributed by atoms with Crippen LogP contribution in [-0.4, -0.2) is 14.7 Å². The maximum atomic E-state index is 9.80. The van der Waals surface area contributed by atoms with Crippen LogP contribution in [0, 0.1) is 0 Å². The summed E-state index contributed by atoms with van der Waals surface area (Å²) in [7, 11) is 0. The van der Waals surface area contributed by atoms with Gasteiger partial charge in [0.25, 0.3) is 0 Å². The Morgan fingerprint density at radius 2 is 1.85 bits per heavy atom. The number of aliphatic hydroxyl groups excluding tert-OH is 1. The topological polar surface area (TPSA) is 38.0 Å². The highest BCUT2D eigenvalue weighted by Gasteiger charge is 2.14. The van der Waals surface area contributed by atoms with E-state index in [1.54, 1.807) is 13.1 Å². The number of unbranched alkanes of at least 4 members (excludes halogenated alkanes) is 1. The quantitative estimate of drug-likeness (QED) is 0.876. The van der Waals surface area contributed by atoms with Gasteiger partial charge >= 0.3 is 0 Å². The molecule has 1 aromatic heterocycles. The van der Waals surface area contributed by atoms with E-state index in [0.29, 0.717) is 0 Å². The Morgan fingerprint density at radius 3 is 2.40 bits per heavy atom. The largest absolute Gasteiger partial charge is 0.387 e. The molecule has 3 nitrogen and oxygen atoms in total. The molecule has 1 heterocycles. The van der Waals surface area contributed by atoms with Crippen molar-refractivity contribution in [3.05, 3.63) is 42.2 Å². The lowest BCUT2D eigenvalue weighted by Crippen LogP contribution is -2.07. The zero-order valence-electron chi connectivity index (χ0n) is 13.0. The molecule has 0 aliphatic rings. The Labute approximate surface area is 122 Å². The second-order valence-electron chi connectivity index (χ2n) is 4.55. The summed E-state index contributed by atoms with van der Waals surface area (Å²) in [5.74, 6) is 0.944. The lowest BCUT2D eigenvalue weighted by molar-refractivity contribution is 0.189. The van der Waals surface area contributed by atoms with Crippen molar-refractivity contribution in [2.45, 2.75) is 53.2 Å². The van der Waals surface area contributed by atoms with E-state index in [1.165, 1.54) is 0 Å². The first-order valence-electron chi connectivity index (χ1n) is 7.53. The third-order valence-electron chi connectivity index (χ3n) is 3.08. The molecule has 20 heavy (non-hydrogen) atoms. The number of aromatic nitrogens is 2. The van der Waals surface area contributed by atoms with Gasteiger partial charge in [-0.25, -0.2) is 4.98 Å². The molecule has 1 aromatic carbocycles.